The number of aryl methyl sites for hydroxylation is 1. The van der Waals surface area contributed by atoms with E-state index >= 15 is 0 Å². The second kappa shape index (κ2) is 4.52. The zero-order chi connectivity index (χ0) is 13.2. The summed E-state index contributed by atoms with van der Waals surface area (Å²) in [4.78, 5) is 4.23. The normalized spacial score (nSPS) is 10.8. The predicted octanol–water partition coefficient (Wildman–Crippen LogP) is 1.60. The second-order valence-electron chi connectivity index (χ2n) is 4.12. The van der Waals surface area contributed by atoms with Crippen molar-refractivity contribution in [2.75, 3.05) is 5.73 Å². The molecule has 0 spiro atoms. The van der Waals surface area contributed by atoms with Crippen molar-refractivity contribution in [1.29, 1.82) is 0 Å². The molecule has 0 radical (unpaired) electrons. The molecule has 96 valence electrons. The van der Waals surface area contributed by atoms with Crippen molar-refractivity contribution in [3.05, 3.63) is 41.2 Å². The van der Waals surface area contributed by atoms with E-state index in [0.717, 1.165) is 5.56 Å². The molecule has 0 fully saturated rings. The summed E-state index contributed by atoms with van der Waals surface area (Å²) in [5.74, 6) is 0.903. The number of hydrogen-bond acceptors (Lipinski definition) is 7. The number of anilines is 1. The average molecular weight is 257 g/mol. The van der Waals surface area contributed by atoms with E-state index in [9.17, 15) is 0 Å². The minimum Gasteiger partial charge on any atom is -0.379 e. The molecule has 0 bridgehead atoms. The molecule has 3 rings (SSSR count). The van der Waals surface area contributed by atoms with Gasteiger partial charge in [-0.2, -0.15) is 4.98 Å². The summed E-state index contributed by atoms with van der Waals surface area (Å²) < 4.78 is 9.59. The smallest absolute Gasteiger partial charge is 0.284 e. The molecular weight excluding hydrogens is 246 g/mol. The summed E-state index contributed by atoms with van der Waals surface area (Å²) in [5.41, 5.74) is 8.15. The van der Waals surface area contributed by atoms with Crippen LogP contribution in [0.4, 0.5) is 5.82 Å². The first kappa shape index (κ1) is 11.4. The van der Waals surface area contributed by atoms with Crippen molar-refractivity contribution in [2.24, 2.45) is 0 Å². The Kier molecular flexibility index (Phi) is 2.71. The zero-order valence-electron chi connectivity index (χ0n) is 10.2. The second-order valence-corrected chi connectivity index (χ2v) is 4.12. The van der Waals surface area contributed by atoms with Gasteiger partial charge in [0.15, 0.2) is 5.82 Å². The van der Waals surface area contributed by atoms with Crippen molar-refractivity contribution in [1.82, 2.24) is 20.5 Å². The van der Waals surface area contributed by atoms with Gasteiger partial charge in [0.1, 0.15) is 0 Å². The molecule has 1 aromatic carbocycles. The third kappa shape index (κ3) is 2.17. The number of hydrogen-bond donors (Lipinski definition) is 1. The van der Waals surface area contributed by atoms with Gasteiger partial charge >= 0.3 is 0 Å². The van der Waals surface area contributed by atoms with Gasteiger partial charge < -0.3 is 10.3 Å². The van der Waals surface area contributed by atoms with Crippen LogP contribution < -0.4 is 5.73 Å². The molecule has 7 nitrogen and oxygen atoms in total. The molecule has 0 atom stereocenters. The van der Waals surface area contributed by atoms with Crippen LogP contribution in [0, 0.1) is 6.92 Å². The van der Waals surface area contributed by atoms with Crippen molar-refractivity contribution in [3.8, 4) is 11.6 Å². The average Bonchev–Trinajstić information content (AvgIpc) is 3.01. The van der Waals surface area contributed by atoms with Gasteiger partial charge in [-0.3, -0.25) is 0 Å². The molecule has 0 saturated heterocycles. The quantitative estimate of drug-likeness (QED) is 0.759. The summed E-state index contributed by atoms with van der Waals surface area (Å²) in [7, 11) is 0. The van der Waals surface area contributed by atoms with Crippen LogP contribution in [0.1, 0.15) is 17.0 Å². The number of benzene rings is 1. The molecule has 0 aliphatic rings. The largest absolute Gasteiger partial charge is 0.379 e. The lowest BCUT2D eigenvalue weighted by atomic mass is 10.1. The Morgan fingerprint density at radius 2 is 2.00 bits per heavy atom. The fourth-order valence-corrected chi connectivity index (χ4v) is 1.74. The Balaban J connectivity index is 1.87. The minimum absolute atomic E-state index is 0.131. The molecule has 0 saturated carbocycles. The number of nitrogen functional groups attached to an aromatic ring is 1. The lowest BCUT2D eigenvalue weighted by Crippen LogP contribution is -1.94. The van der Waals surface area contributed by atoms with Crippen LogP contribution in [0.3, 0.4) is 0 Å². The molecule has 0 aliphatic carbocycles. The van der Waals surface area contributed by atoms with E-state index in [2.05, 4.69) is 25.1 Å². The Hall–Kier alpha value is -2.70. The highest BCUT2D eigenvalue weighted by Crippen LogP contribution is 2.20. The number of aromatic nitrogens is 4. The first-order valence-electron chi connectivity index (χ1n) is 5.69. The maximum absolute atomic E-state index is 5.56. The van der Waals surface area contributed by atoms with E-state index < -0.39 is 0 Å². The van der Waals surface area contributed by atoms with Crippen molar-refractivity contribution in [3.63, 3.8) is 0 Å². The molecule has 2 aromatic heterocycles. The van der Waals surface area contributed by atoms with Gasteiger partial charge in [0, 0.05) is 6.42 Å². The topological polar surface area (TPSA) is 104 Å². The first-order chi connectivity index (χ1) is 9.24. The maximum atomic E-state index is 5.56. The van der Waals surface area contributed by atoms with Crippen molar-refractivity contribution < 1.29 is 9.15 Å². The lowest BCUT2D eigenvalue weighted by molar-refractivity contribution is 0.308. The van der Waals surface area contributed by atoms with E-state index in [-0.39, 0.29) is 17.4 Å². The maximum Gasteiger partial charge on any atom is 0.284 e. The summed E-state index contributed by atoms with van der Waals surface area (Å²) in [6.07, 6.45) is 0.585. The van der Waals surface area contributed by atoms with Gasteiger partial charge in [-0.25, -0.2) is 4.63 Å². The number of nitrogens with two attached hydrogens (primary N) is 1. The summed E-state index contributed by atoms with van der Waals surface area (Å²) in [6.45, 7) is 2.04. The van der Waals surface area contributed by atoms with Gasteiger partial charge in [0.05, 0.1) is 0 Å². The van der Waals surface area contributed by atoms with Gasteiger partial charge in [-0.15, -0.1) is 0 Å². The van der Waals surface area contributed by atoms with Crippen LogP contribution in [0.5, 0.6) is 0 Å². The lowest BCUT2D eigenvalue weighted by Gasteiger charge is -2.00. The molecule has 2 heterocycles. The van der Waals surface area contributed by atoms with Crippen LogP contribution >= 0.6 is 0 Å². The van der Waals surface area contributed by atoms with E-state index in [0.29, 0.717) is 12.2 Å². The summed E-state index contributed by atoms with van der Waals surface area (Å²) in [5, 5.41) is 11.0. The highest BCUT2D eigenvalue weighted by molar-refractivity contribution is 5.60. The van der Waals surface area contributed by atoms with E-state index in [1.807, 2.05) is 31.2 Å². The number of nitrogens with zero attached hydrogens (tertiary/aromatic N) is 4. The highest BCUT2D eigenvalue weighted by atomic mass is 16.6. The van der Waals surface area contributed by atoms with E-state index in [1.54, 1.807) is 0 Å². The molecular formula is C12H11N5O2. The molecule has 7 heteroatoms. The standard InChI is InChI=1S/C12H11N5O2/c1-7-4-2-3-5-8(7)6-9-14-12(18-15-9)10-11(13)17-19-16-10/h2-5H,6H2,1H3,(H2,13,17). The Morgan fingerprint density at radius 1 is 1.16 bits per heavy atom. The van der Waals surface area contributed by atoms with Crippen LogP contribution in [0.15, 0.2) is 33.4 Å². The third-order valence-corrected chi connectivity index (χ3v) is 2.79. The monoisotopic (exact) mass is 257 g/mol. The van der Waals surface area contributed by atoms with Crippen LogP contribution in [0.2, 0.25) is 0 Å². The molecule has 0 amide bonds. The molecule has 3 aromatic rings. The minimum atomic E-state index is 0.131. The Labute approximate surface area is 108 Å². The molecule has 0 unspecified atom stereocenters. The van der Waals surface area contributed by atoms with E-state index in [4.69, 9.17) is 10.3 Å². The van der Waals surface area contributed by atoms with Gasteiger partial charge in [-0.05, 0) is 28.4 Å². The van der Waals surface area contributed by atoms with Crippen LogP contribution in [-0.2, 0) is 6.42 Å². The SMILES string of the molecule is Cc1ccccc1Cc1noc(-c2nonc2N)n1. The van der Waals surface area contributed by atoms with Crippen LogP contribution in [0.25, 0.3) is 11.6 Å². The number of rotatable bonds is 3. The Bertz CT molecular complexity index is 703. The van der Waals surface area contributed by atoms with Gasteiger partial charge in [-0.1, -0.05) is 29.4 Å². The van der Waals surface area contributed by atoms with Gasteiger partial charge in [0.25, 0.3) is 5.89 Å². The van der Waals surface area contributed by atoms with Crippen molar-refractivity contribution in [2.45, 2.75) is 13.3 Å². The molecule has 19 heavy (non-hydrogen) atoms. The summed E-state index contributed by atoms with van der Waals surface area (Å²) in [6, 6.07) is 8.03. The fraction of sp³-hybridized carbons (Fsp3) is 0.167. The fourth-order valence-electron chi connectivity index (χ4n) is 1.74. The Morgan fingerprint density at radius 3 is 2.74 bits per heavy atom. The zero-order valence-corrected chi connectivity index (χ0v) is 10.2. The molecule has 2 N–H and O–H groups in total. The van der Waals surface area contributed by atoms with Crippen LogP contribution in [-0.4, -0.2) is 20.5 Å². The third-order valence-electron chi connectivity index (χ3n) is 2.79. The predicted molar refractivity (Wildman–Crippen MR) is 66.0 cm³/mol. The summed E-state index contributed by atoms with van der Waals surface area (Å²) >= 11 is 0. The molecule has 0 aliphatic heterocycles. The van der Waals surface area contributed by atoms with Crippen molar-refractivity contribution >= 4 is 5.82 Å². The highest BCUT2D eigenvalue weighted by Gasteiger charge is 2.17. The van der Waals surface area contributed by atoms with Gasteiger partial charge in [0.2, 0.25) is 11.5 Å². The van der Waals surface area contributed by atoms with E-state index in [1.165, 1.54) is 5.56 Å². The first-order valence-corrected chi connectivity index (χ1v) is 5.69.